The van der Waals surface area contributed by atoms with Gasteiger partial charge >= 0.3 is 5.97 Å². The quantitative estimate of drug-likeness (QED) is 0.767. The standard InChI is InChI=1S/C11H16FN3O3/c1-3-18-10(17)11(13,6-12)4-9-5-14-7-15(9)8(2)16/h5,7H,3-4,6,13H2,1-2H3. The topological polar surface area (TPSA) is 87.2 Å². The molecule has 18 heavy (non-hydrogen) atoms. The van der Waals surface area contributed by atoms with Crippen molar-refractivity contribution in [2.24, 2.45) is 5.73 Å². The summed E-state index contributed by atoms with van der Waals surface area (Å²) in [5.74, 6) is -1.11. The zero-order valence-corrected chi connectivity index (χ0v) is 10.4. The number of halogens is 1. The summed E-state index contributed by atoms with van der Waals surface area (Å²) < 4.78 is 18.9. The van der Waals surface area contributed by atoms with E-state index >= 15 is 0 Å². The summed E-state index contributed by atoms with van der Waals surface area (Å²) >= 11 is 0. The third-order valence-corrected chi connectivity index (χ3v) is 2.47. The molecule has 0 amide bonds. The van der Waals surface area contributed by atoms with Crippen molar-refractivity contribution in [1.82, 2.24) is 9.55 Å². The number of nitrogens with zero attached hydrogens (tertiary/aromatic N) is 2. The minimum Gasteiger partial charge on any atom is -0.465 e. The second-order valence-electron chi connectivity index (χ2n) is 3.96. The first-order valence-corrected chi connectivity index (χ1v) is 5.49. The zero-order valence-electron chi connectivity index (χ0n) is 10.4. The van der Waals surface area contributed by atoms with E-state index in [1.165, 1.54) is 24.0 Å². The van der Waals surface area contributed by atoms with Crippen molar-refractivity contribution >= 4 is 11.9 Å². The lowest BCUT2D eigenvalue weighted by molar-refractivity contribution is -0.150. The summed E-state index contributed by atoms with van der Waals surface area (Å²) in [6.45, 7) is 1.98. The van der Waals surface area contributed by atoms with Crippen LogP contribution in [0.4, 0.5) is 4.39 Å². The van der Waals surface area contributed by atoms with Crippen molar-refractivity contribution in [2.45, 2.75) is 25.8 Å². The largest absolute Gasteiger partial charge is 0.465 e. The molecule has 6 nitrogen and oxygen atoms in total. The number of hydrogen-bond donors (Lipinski definition) is 1. The molecule has 100 valence electrons. The maximum atomic E-state index is 13.0. The molecular formula is C11H16FN3O3. The summed E-state index contributed by atoms with van der Waals surface area (Å²) in [6.07, 6.45) is 2.52. The molecule has 0 aliphatic carbocycles. The van der Waals surface area contributed by atoms with Crippen molar-refractivity contribution in [2.75, 3.05) is 13.3 Å². The van der Waals surface area contributed by atoms with Crippen LogP contribution in [0.25, 0.3) is 0 Å². The Labute approximate surface area is 104 Å². The van der Waals surface area contributed by atoms with Gasteiger partial charge in [0.2, 0.25) is 5.91 Å². The van der Waals surface area contributed by atoms with Crippen LogP contribution in [0.5, 0.6) is 0 Å². The first kappa shape index (κ1) is 14.3. The molecule has 1 atom stereocenters. The molecule has 7 heteroatoms. The number of alkyl halides is 1. The highest BCUT2D eigenvalue weighted by Gasteiger charge is 2.37. The van der Waals surface area contributed by atoms with Gasteiger partial charge in [0.25, 0.3) is 0 Å². The average Bonchev–Trinajstić information content (AvgIpc) is 2.77. The molecule has 1 aromatic rings. The van der Waals surface area contributed by atoms with Crippen LogP contribution in [0.3, 0.4) is 0 Å². The van der Waals surface area contributed by atoms with E-state index in [2.05, 4.69) is 4.98 Å². The van der Waals surface area contributed by atoms with E-state index in [9.17, 15) is 14.0 Å². The molecular weight excluding hydrogens is 241 g/mol. The SMILES string of the molecule is CCOC(=O)C(N)(CF)Cc1cncn1C(C)=O. The Hall–Kier alpha value is -1.76. The highest BCUT2D eigenvalue weighted by atomic mass is 19.1. The number of hydrogen-bond acceptors (Lipinski definition) is 5. The lowest BCUT2D eigenvalue weighted by Gasteiger charge is -2.23. The van der Waals surface area contributed by atoms with Gasteiger partial charge in [0.05, 0.1) is 6.61 Å². The molecule has 0 spiro atoms. The number of carbonyl (C=O) groups is 2. The van der Waals surface area contributed by atoms with E-state index in [1.54, 1.807) is 6.92 Å². The Morgan fingerprint density at radius 3 is 2.78 bits per heavy atom. The molecule has 0 aliphatic heterocycles. The molecule has 0 aliphatic rings. The van der Waals surface area contributed by atoms with Crippen LogP contribution in [-0.2, 0) is 16.0 Å². The fourth-order valence-electron chi connectivity index (χ4n) is 1.51. The smallest absolute Gasteiger partial charge is 0.329 e. The van der Waals surface area contributed by atoms with Gasteiger partial charge in [-0.2, -0.15) is 0 Å². The van der Waals surface area contributed by atoms with Crippen molar-refractivity contribution in [1.29, 1.82) is 0 Å². The number of esters is 1. The van der Waals surface area contributed by atoms with Crippen molar-refractivity contribution < 1.29 is 18.7 Å². The molecule has 0 saturated carbocycles. The fourth-order valence-corrected chi connectivity index (χ4v) is 1.51. The normalized spacial score (nSPS) is 14.0. The van der Waals surface area contributed by atoms with Gasteiger partial charge in [-0.05, 0) is 6.92 Å². The van der Waals surface area contributed by atoms with Gasteiger partial charge in [-0.1, -0.05) is 0 Å². The minimum atomic E-state index is -1.79. The fraction of sp³-hybridized carbons (Fsp3) is 0.545. The van der Waals surface area contributed by atoms with Crippen LogP contribution in [0.15, 0.2) is 12.5 Å². The highest BCUT2D eigenvalue weighted by Crippen LogP contribution is 2.14. The number of ether oxygens (including phenoxy) is 1. The number of imidazole rings is 1. The van der Waals surface area contributed by atoms with Crippen molar-refractivity contribution in [3.63, 3.8) is 0 Å². The minimum absolute atomic E-state index is 0.115. The Balaban J connectivity index is 2.95. The number of aromatic nitrogens is 2. The predicted octanol–water partition coefficient (Wildman–Crippen LogP) is 0.316. The van der Waals surface area contributed by atoms with Crippen LogP contribution < -0.4 is 5.73 Å². The van der Waals surface area contributed by atoms with E-state index in [4.69, 9.17) is 10.5 Å². The van der Waals surface area contributed by atoms with Gasteiger partial charge in [-0.25, -0.2) is 14.2 Å². The van der Waals surface area contributed by atoms with Crippen LogP contribution in [0.2, 0.25) is 0 Å². The van der Waals surface area contributed by atoms with Gasteiger partial charge in [-0.3, -0.25) is 9.36 Å². The van der Waals surface area contributed by atoms with Crippen LogP contribution in [0, 0.1) is 0 Å². The summed E-state index contributed by atoms with van der Waals surface area (Å²) in [4.78, 5) is 26.7. The molecule has 1 rings (SSSR count). The zero-order chi connectivity index (χ0) is 13.8. The van der Waals surface area contributed by atoms with Gasteiger partial charge < -0.3 is 10.5 Å². The Morgan fingerprint density at radius 1 is 1.61 bits per heavy atom. The molecule has 2 N–H and O–H groups in total. The van der Waals surface area contributed by atoms with Gasteiger partial charge in [0, 0.05) is 25.2 Å². The van der Waals surface area contributed by atoms with Crippen molar-refractivity contribution in [3.8, 4) is 0 Å². The number of rotatable bonds is 5. The highest BCUT2D eigenvalue weighted by molar-refractivity contribution is 5.82. The molecule has 0 bridgehead atoms. The Bertz CT molecular complexity index is 446. The predicted molar refractivity (Wildman–Crippen MR) is 61.8 cm³/mol. The van der Waals surface area contributed by atoms with E-state index in [0.717, 1.165) is 0 Å². The first-order valence-electron chi connectivity index (χ1n) is 5.49. The van der Waals surface area contributed by atoms with Crippen LogP contribution in [0.1, 0.15) is 24.3 Å². The summed E-state index contributed by atoms with van der Waals surface area (Å²) in [6, 6.07) is 0. The summed E-state index contributed by atoms with van der Waals surface area (Å²) in [7, 11) is 0. The number of nitrogens with two attached hydrogens (primary N) is 1. The summed E-state index contributed by atoms with van der Waals surface area (Å²) in [5.41, 5.74) is 4.27. The van der Waals surface area contributed by atoms with Crippen LogP contribution >= 0.6 is 0 Å². The van der Waals surface area contributed by atoms with E-state index in [0.29, 0.717) is 5.69 Å². The van der Waals surface area contributed by atoms with E-state index in [-0.39, 0.29) is 18.9 Å². The molecule has 1 unspecified atom stereocenters. The van der Waals surface area contributed by atoms with Gasteiger partial charge in [-0.15, -0.1) is 0 Å². The first-order chi connectivity index (χ1) is 8.44. The van der Waals surface area contributed by atoms with Gasteiger partial charge in [0.1, 0.15) is 18.5 Å². The maximum Gasteiger partial charge on any atom is 0.329 e. The molecule has 0 fully saturated rings. The maximum absolute atomic E-state index is 13.0. The van der Waals surface area contributed by atoms with E-state index < -0.39 is 18.2 Å². The van der Waals surface area contributed by atoms with Crippen molar-refractivity contribution in [3.05, 3.63) is 18.2 Å². The second-order valence-corrected chi connectivity index (χ2v) is 3.96. The molecule has 0 aromatic carbocycles. The average molecular weight is 257 g/mol. The molecule has 1 aromatic heterocycles. The van der Waals surface area contributed by atoms with Gasteiger partial charge in [0.15, 0.2) is 0 Å². The molecule has 0 radical (unpaired) electrons. The van der Waals surface area contributed by atoms with E-state index in [1.807, 2.05) is 0 Å². The third kappa shape index (κ3) is 2.92. The lowest BCUT2D eigenvalue weighted by atomic mass is 9.96. The lowest BCUT2D eigenvalue weighted by Crippen LogP contribution is -2.53. The molecule has 1 heterocycles. The number of carbonyl (C=O) groups excluding carboxylic acids is 2. The Kier molecular flexibility index (Phi) is 4.55. The van der Waals surface area contributed by atoms with Crippen LogP contribution in [-0.4, -0.2) is 40.2 Å². The second kappa shape index (κ2) is 5.72. The molecule has 0 saturated heterocycles. The summed E-state index contributed by atoms with van der Waals surface area (Å²) in [5, 5.41) is 0. The Morgan fingerprint density at radius 2 is 2.28 bits per heavy atom. The monoisotopic (exact) mass is 257 g/mol. The third-order valence-electron chi connectivity index (χ3n) is 2.47.